The zero-order valence-corrected chi connectivity index (χ0v) is 12.7. The van der Waals surface area contributed by atoms with Crippen molar-refractivity contribution in [2.75, 3.05) is 25.6 Å². The van der Waals surface area contributed by atoms with Gasteiger partial charge >= 0.3 is 0 Å². The fourth-order valence-corrected chi connectivity index (χ4v) is 1.67. The minimum Gasteiger partial charge on any atom is -0.488 e. The highest BCUT2D eigenvalue weighted by Gasteiger charge is 2.19. The SMILES string of the molecule is CCC(C)C(N)C(=O)Nc1ccc(OCCOC)c(F)c1. The predicted octanol–water partition coefficient (Wildman–Crippen LogP) is 2.16. The van der Waals surface area contributed by atoms with Crippen molar-refractivity contribution in [1.82, 2.24) is 0 Å². The Bertz CT molecular complexity index is 468. The van der Waals surface area contributed by atoms with E-state index in [9.17, 15) is 9.18 Å². The van der Waals surface area contributed by atoms with Crippen LogP contribution in [0.15, 0.2) is 18.2 Å². The Morgan fingerprint density at radius 2 is 2.14 bits per heavy atom. The molecule has 1 amide bonds. The molecular weight excluding hydrogens is 275 g/mol. The van der Waals surface area contributed by atoms with Crippen LogP contribution in [0.5, 0.6) is 5.75 Å². The molecule has 5 nitrogen and oxygen atoms in total. The zero-order chi connectivity index (χ0) is 15.8. The number of nitrogens with one attached hydrogen (secondary N) is 1. The summed E-state index contributed by atoms with van der Waals surface area (Å²) in [6.07, 6.45) is 0.801. The molecule has 0 radical (unpaired) electrons. The average molecular weight is 298 g/mol. The average Bonchev–Trinajstić information content (AvgIpc) is 2.48. The molecule has 0 aliphatic heterocycles. The first kappa shape index (κ1) is 17.4. The first-order chi connectivity index (χ1) is 9.99. The van der Waals surface area contributed by atoms with E-state index in [2.05, 4.69) is 5.32 Å². The van der Waals surface area contributed by atoms with E-state index in [1.165, 1.54) is 12.1 Å². The maximum atomic E-state index is 13.8. The smallest absolute Gasteiger partial charge is 0.241 e. The number of nitrogens with two attached hydrogens (primary N) is 1. The summed E-state index contributed by atoms with van der Waals surface area (Å²) in [6, 6.07) is 3.64. The molecule has 6 heteroatoms. The highest BCUT2D eigenvalue weighted by molar-refractivity contribution is 5.94. The van der Waals surface area contributed by atoms with Gasteiger partial charge in [0.15, 0.2) is 11.6 Å². The van der Waals surface area contributed by atoms with E-state index in [0.717, 1.165) is 6.42 Å². The minimum atomic E-state index is -0.615. The molecule has 0 aliphatic carbocycles. The Labute approximate surface area is 124 Å². The molecule has 0 spiro atoms. The Hall–Kier alpha value is -1.66. The topological polar surface area (TPSA) is 73.6 Å². The number of hydrogen-bond donors (Lipinski definition) is 2. The van der Waals surface area contributed by atoms with Crippen molar-refractivity contribution in [3.8, 4) is 5.75 Å². The lowest BCUT2D eigenvalue weighted by Crippen LogP contribution is -2.40. The first-order valence-electron chi connectivity index (χ1n) is 6.97. The predicted molar refractivity (Wildman–Crippen MR) is 79.8 cm³/mol. The van der Waals surface area contributed by atoms with E-state index in [1.807, 2.05) is 13.8 Å². The van der Waals surface area contributed by atoms with Crippen LogP contribution in [-0.4, -0.2) is 32.3 Å². The summed E-state index contributed by atoms with van der Waals surface area (Å²) >= 11 is 0. The van der Waals surface area contributed by atoms with Crippen LogP contribution in [0.4, 0.5) is 10.1 Å². The summed E-state index contributed by atoms with van der Waals surface area (Å²) in [5.41, 5.74) is 6.18. The van der Waals surface area contributed by atoms with Gasteiger partial charge in [-0.25, -0.2) is 4.39 Å². The lowest BCUT2D eigenvalue weighted by Gasteiger charge is -2.18. The van der Waals surface area contributed by atoms with Crippen LogP contribution in [-0.2, 0) is 9.53 Å². The third-order valence-electron chi connectivity index (χ3n) is 3.30. The number of ether oxygens (including phenoxy) is 2. The molecule has 2 atom stereocenters. The minimum absolute atomic E-state index is 0.0616. The molecule has 0 saturated heterocycles. The molecule has 3 N–H and O–H groups in total. The lowest BCUT2D eigenvalue weighted by atomic mass is 9.99. The molecule has 0 aromatic heterocycles. The van der Waals surface area contributed by atoms with Crippen LogP contribution in [0.3, 0.4) is 0 Å². The number of benzene rings is 1. The van der Waals surface area contributed by atoms with Crippen molar-refractivity contribution in [3.05, 3.63) is 24.0 Å². The summed E-state index contributed by atoms with van der Waals surface area (Å²) in [5.74, 6) is -0.680. The van der Waals surface area contributed by atoms with Gasteiger partial charge in [0.1, 0.15) is 6.61 Å². The van der Waals surface area contributed by atoms with Crippen molar-refractivity contribution in [1.29, 1.82) is 0 Å². The van der Waals surface area contributed by atoms with E-state index < -0.39 is 11.9 Å². The second-order valence-electron chi connectivity index (χ2n) is 4.89. The Morgan fingerprint density at radius 1 is 1.43 bits per heavy atom. The molecule has 118 valence electrons. The molecule has 1 rings (SSSR count). The molecule has 2 unspecified atom stereocenters. The maximum Gasteiger partial charge on any atom is 0.241 e. The van der Waals surface area contributed by atoms with Gasteiger partial charge in [-0.1, -0.05) is 20.3 Å². The number of halogens is 1. The highest BCUT2D eigenvalue weighted by Crippen LogP contribution is 2.21. The van der Waals surface area contributed by atoms with Crippen LogP contribution in [0.1, 0.15) is 20.3 Å². The summed E-state index contributed by atoms with van der Waals surface area (Å²) in [4.78, 5) is 11.9. The van der Waals surface area contributed by atoms with E-state index in [1.54, 1.807) is 13.2 Å². The number of anilines is 1. The summed E-state index contributed by atoms with van der Waals surface area (Å²) in [6.45, 7) is 4.50. The number of carbonyl (C=O) groups is 1. The summed E-state index contributed by atoms with van der Waals surface area (Å²) in [5, 5.41) is 2.61. The molecule has 21 heavy (non-hydrogen) atoms. The van der Waals surface area contributed by atoms with Crippen molar-refractivity contribution >= 4 is 11.6 Å². The van der Waals surface area contributed by atoms with Gasteiger partial charge in [0, 0.05) is 18.9 Å². The summed E-state index contributed by atoms with van der Waals surface area (Å²) < 4.78 is 23.8. The van der Waals surface area contributed by atoms with Crippen molar-refractivity contribution in [2.24, 2.45) is 11.7 Å². The van der Waals surface area contributed by atoms with Crippen molar-refractivity contribution < 1.29 is 18.7 Å². The van der Waals surface area contributed by atoms with Crippen LogP contribution in [0.2, 0.25) is 0 Å². The number of methoxy groups -OCH3 is 1. The third-order valence-corrected chi connectivity index (χ3v) is 3.30. The standard InChI is InChI=1S/C15H23FN2O3/c1-4-10(2)14(17)15(19)18-11-5-6-13(12(16)9-11)21-8-7-20-3/h5-6,9-10,14H,4,7-8,17H2,1-3H3,(H,18,19). The quantitative estimate of drug-likeness (QED) is 0.721. The van der Waals surface area contributed by atoms with E-state index in [0.29, 0.717) is 12.3 Å². The first-order valence-corrected chi connectivity index (χ1v) is 6.97. The van der Waals surface area contributed by atoms with Crippen LogP contribution in [0.25, 0.3) is 0 Å². The Morgan fingerprint density at radius 3 is 2.71 bits per heavy atom. The molecule has 0 heterocycles. The van der Waals surface area contributed by atoms with E-state index in [-0.39, 0.29) is 24.2 Å². The normalized spacial score (nSPS) is 13.6. The van der Waals surface area contributed by atoms with Gasteiger partial charge in [0.05, 0.1) is 12.6 Å². The maximum absolute atomic E-state index is 13.8. The largest absolute Gasteiger partial charge is 0.488 e. The van der Waals surface area contributed by atoms with Gasteiger partial charge in [-0.3, -0.25) is 4.79 Å². The van der Waals surface area contributed by atoms with Crippen LogP contribution < -0.4 is 15.8 Å². The van der Waals surface area contributed by atoms with Crippen molar-refractivity contribution in [2.45, 2.75) is 26.3 Å². The molecule has 1 aromatic rings. The zero-order valence-electron chi connectivity index (χ0n) is 12.7. The Balaban J connectivity index is 2.65. The molecule has 0 aliphatic rings. The molecule has 1 aromatic carbocycles. The van der Waals surface area contributed by atoms with Gasteiger partial charge in [0.25, 0.3) is 0 Å². The van der Waals surface area contributed by atoms with Gasteiger partial charge < -0.3 is 20.5 Å². The summed E-state index contributed by atoms with van der Waals surface area (Å²) in [7, 11) is 1.54. The van der Waals surface area contributed by atoms with E-state index in [4.69, 9.17) is 15.2 Å². The molecule has 0 fully saturated rings. The van der Waals surface area contributed by atoms with E-state index >= 15 is 0 Å². The monoisotopic (exact) mass is 298 g/mol. The van der Waals surface area contributed by atoms with Gasteiger partial charge in [-0.2, -0.15) is 0 Å². The van der Waals surface area contributed by atoms with Gasteiger partial charge in [0.2, 0.25) is 5.91 Å². The van der Waals surface area contributed by atoms with Crippen LogP contribution in [0, 0.1) is 11.7 Å². The second kappa shape index (κ2) is 8.59. The number of rotatable bonds is 8. The number of hydrogen-bond acceptors (Lipinski definition) is 4. The second-order valence-corrected chi connectivity index (χ2v) is 4.89. The molecule has 0 saturated carbocycles. The van der Waals surface area contributed by atoms with Crippen LogP contribution >= 0.6 is 0 Å². The van der Waals surface area contributed by atoms with Crippen molar-refractivity contribution in [3.63, 3.8) is 0 Å². The number of amides is 1. The lowest BCUT2D eigenvalue weighted by molar-refractivity contribution is -0.118. The van der Waals surface area contributed by atoms with Gasteiger partial charge in [-0.05, 0) is 18.1 Å². The highest BCUT2D eigenvalue weighted by atomic mass is 19.1. The fraction of sp³-hybridized carbons (Fsp3) is 0.533. The van der Waals surface area contributed by atoms with Gasteiger partial charge in [-0.15, -0.1) is 0 Å². The Kier molecular flexibility index (Phi) is 7.11. The fourth-order valence-electron chi connectivity index (χ4n) is 1.67. The number of carbonyl (C=O) groups excluding carboxylic acids is 1. The third kappa shape index (κ3) is 5.32. The molecular formula is C15H23FN2O3. The molecule has 0 bridgehead atoms.